The monoisotopic (exact) mass is 257 g/mol. The van der Waals surface area contributed by atoms with Crippen molar-refractivity contribution in [1.29, 1.82) is 0 Å². The molecule has 2 heteroatoms. The molecule has 1 unspecified atom stereocenters. The fourth-order valence-corrected chi connectivity index (χ4v) is 5.35. The lowest BCUT2D eigenvalue weighted by molar-refractivity contribution is -0.0660. The maximum atomic E-state index is 2.42. The Morgan fingerprint density at radius 1 is 1.00 bits per heavy atom. The molecular formula is C15H28ClN. The van der Waals surface area contributed by atoms with Gasteiger partial charge in [0.15, 0.2) is 0 Å². The van der Waals surface area contributed by atoms with Gasteiger partial charge in [-0.1, -0.05) is 0 Å². The second-order valence-electron chi connectivity index (χ2n) is 7.43. The van der Waals surface area contributed by atoms with Crippen LogP contribution >= 0.6 is 12.4 Å². The SMILES string of the molecule is CC(CC12CC3CC(CC(C3)C1)C2)N(C)C.Cl. The third-order valence-corrected chi connectivity index (χ3v) is 5.78. The van der Waals surface area contributed by atoms with E-state index in [0.717, 1.165) is 29.2 Å². The normalized spacial score (nSPS) is 44.8. The average molecular weight is 258 g/mol. The molecule has 1 atom stereocenters. The van der Waals surface area contributed by atoms with Gasteiger partial charge in [-0.05, 0) is 89.1 Å². The first-order chi connectivity index (χ1) is 7.56. The summed E-state index contributed by atoms with van der Waals surface area (Å²) in [6.07, 6.45) is 10.9. The quantitative estimate of drug-likeness (QED) is 0.740. The topological polar surface area (TPSA) is 3.24 Å². The van der Waals surface area contributed by atoms with E-state index in [1.54, 1.807) is 38.5 Å². The fourth-order valence-electron chi connectivity index (χ4n) is 5.35. The van der Waals surface area contributed by atoms with Crippen LogP contribution in [-0.2, 0) is 0 Å². The van der Waals surface area contributed by atoms with E-state index in [-0.39, 0.29) is 12.4 Å². The van der Waals surface area contributed by atoms with Crippen molar-refractivity contribution in [2.45, 2.75) is 57.9 Å². The number of rotatable bonds is 3. The van der Waals surface area contributed by atoms with Crippen molar-refractivity contribution in [2.24, 2.45) is 23.2 Å². The van der Waals surface area contributed by atoms with Crippen LogP contribution in [0.3, 0.4) is 0 Å². The van der Waals surface area contributed by atoms with Crippen molar-refractivity contribution >= 4 is 12.4 Å². The van der Waals surface area contributed by atoms with Gasteiger partial charge in [0.1, 0.15) is 0 Å². The Hall–Kier alpha value is 0.250. The second kappa shape index (κ2) is 4.74. The first-order valence-corrected chi connectivity index (χ1v) is 7.23. The summed E-state index contributed by atoms with van der Waals surface area (Å²) in [5, 5.41) is 0. The van der Waals surface area contributed by atoms with E-state index < -0.39 is 0 Å². The number of hydrogen-bond donors (Lipinski definition) is 0. The van der Waals surface area contributed by atoms with Crippen molar-refractivity contribution in [2.75, 3.05) is 14.1 Å². The predicted molar refractivity (Wildman–Crippen MR) is 75.6 cm³/mol. The van der Waals surface area contributed by atoms with Gasteiger partial charge in [-0.3, -0.25) is 0 Å². The van der Waals surface area contributed by atoms with Gasteiger partial charge in [0.05, 0.1) is 0 Å². The molecule has 0 aromatic carbocycles. The zero-order valence-corrected chi connectivity index (χ0v) is 12.4. The largest absolute Gasteiger partial charge is 0.307 e. The van der Waals surface area contributed by atoms with Crippen LogP contribution in [0.2, 0.25) is 0 Å². The zero-order chi connectivity index (χ0) is 11.3. The van der Waals surface area contributed by atoms with E-state index in [4.69, 9.17) is 0 Å². The van der Waals surface area contributed by atoms with Gasteiger partial charge in [-0.25, -0.2) is 0 Å². The lowest BCUT2D eigenvalue weighted by Gasteiger charge is -2.58. The Bertz CT molecular complexity index is 239. The molecule has 0 N–H and O–H groups in total. The maximum absolute atomic E-state index is 2.42. The summed E-state index contributed by atoms with van der Waals surface area (Å²) in [6.45, 7) is 2.42. The van der Waals surface area contributed by atoms with Crippen LogP contribution in [-0.4, -0.2) is 25.0 Å². The number of halogens is 1. The first-order valence-electron chi connectivity index (χ1n) is 7.23. The molecule has 0 heterocycles. The van der Waals surface area contributed by atoms with E-state index >= 15 is 0 Å². The molecule has 4 fully saturated rings. The molecule has 4 bridgehead atoms. The van der Waals surface area contributed by atoms with Crippen LogP contribution < -0.4 is 0 Å². The lowest BCUT2D eigenvalue weighted by Crippen LogP contribution is -2.48. The van der Waals surface area contributed by atoms with Gasteiger partial charge >= 0.3 is 0 Å². The Morgan fingerprint density at radius 2 is 1.41 bits per heavy atom. The van der Waals surface area contributed by atoms with Crippen LogP contribution in [0.15, 0.2) is 0 Å². The van der Waals surface area contributed by atoms with Crippen LogP contribution in [0.1, 0.15) is 51.9 Å². The molecule has 0 saturated heterocycles. The van der Waals surface area contributed by atoms with E-state index in [0.29, 0.717) is 0 Å². The third-order valence-electron chi connectivity index (χ3n) is 5.78. The molecule has 4 aliphatic carbocycles. The molecule has 4 saturated carbocycles. The first kappa shape index (κ1) is 13.7. The summed E-state index contributed by atoms with van der Waals surface area (Å²) in [6, 6.07) is 0.774. The minimum atomic E-state index is 0. The highest BCUT2D eigenvalue weighted by atomic mass is 35.5. The summed E-state index contributed by atoms with van der Waals surface area (Å²) >= 11 is 0. The van der Waals surface area contributed by atoms with E-state index in [9.17, 15) is 0 Å². The van der Waals surface area contributed by atoms with Gasteiger partial charge < -0.3 is 4.90 Å². The van der Waals surface area contributed by atoms with Gasteiger partial charge in [-0.15, -0.1) is 12.4 Å². The Labute approximate surface area is 113 Å². The van der Waals surface area contributed by atoms with Gasteiger partial charge in [-0.2, -0.15) is 0 Å². The Balaban J connectivity index is 0.00000108. The summed E-state index contributed by atoms with van der Waals surface area (Å²) < 4.78 is 0. The van der Waals surface area contributed by atoms with Gasteiger partial charge in [0.2, 0.25) is 0 Å². The van der Waals surface area contributed by atoms with Gasteiger partial charge in [0, 0.05) is 6.04 Å². The minimum Gasteiger partial charge on any atom is -0.307 e. The van der Waals surface area contributed by atoms with Crippen molar-refractivity contribution in [3.63, 3.8) is 0 Å². The molecular weight excluding hydrogens is 230 g/mol. The zero-order valence-electron chi connectivity index (χ0n) is 11.6. The van der Waals surface area contributed by atoms with E-state index in [1.165, 1.54) is 6.42 Å². The molecule has 4 aliphatic rings. The lowest BCUT2D eigenvalue weighted by atomic mass is 9.48. The van der Waals surface area contributed by atoms with Crippen molar-refractivity contribution in [3.8, 4) is 0 Å². The molecule has 0 radical (unpaired) electrons. The van der Waals surface area contributed by atoms with E-state index in [1.807, 2.05) is 0 Å². The highest BCUT2D eigenvalue weighted by Gasteiger charge is 2.50. The summed E-state index contributed by atoms with van der Waals surface area (Å²) in [4.78, 5) is 2.42. The molecule has 17 heavy (non-hydrogen) atoms. The molecule has 100 valence electrons. The van der Waals surface area contributed by atoms with Crippen LogP contribution in [0.4, 0.5) is 0 Å². The molecule has 0 aliphatic heterocycles. The van der Waals surface area contributed by atoms with E-state index in [2.05, 4.69) is 25.9 Å². The molecule has 4 rings (SSSR count). The summed E-state index contributed by atoms with van der Waals surface area (Å²) in [5.41, 5.74) is 0.762. The highest BCUT2D eigenvalue weighted by Crippen LogP contribution is 2.61. The van der Waals surface area contributed by atoms with Gasteiger partial charge in [0.25, 0.3) is 0 Å². The summed E-state index contributed by atoms with van der Waals surface area (Å²) in [7, 11) is 4.48. The fraction of sp³-hybridized carbons (Fsp3) is 1.00. The Morgan fingerprint density at radius 3 is 1.76 bits per heavy atom. The molecule has 0 aromatic heterocycles. The molecule has 0 spiro atoms. The van der Waals surface area contributed by atoms with Crippen molar-refractivity contribution < 1.29 is 0 Å². The second-order valence-corrected chi connectivity index (χ2v) is 7.43. The standard InChI is InChI=1S/C15H27N.ClH/c1-11(16(2)3)7-15-8-12-4-13(9-15)6-14(5-12)10-15;/h11-14H,4-10H2,1-3H3;1H. The number of nitrogens with zero attached hydrogens (tertiary/aromatic N) is 1. The molecule has 1 nitrogen and oxygen atoms in total. The van der Waals surface area contributed by atoms with Crippen molar-refractivity contribution in [3.05, 3.63) is 0 Å². The smallest absolute Gasteiger partial charge is 0.00661 e. The highest BCUT2D eigenvalue weighted by molar-refractivity contribution is 5.85. The molecule has 0 aromatic rings. The average Bonchev–Trinajstić information content (AvgIpc) is 2.13. The van der Waals surface area contributed by atoms with Crippen LogP contribution in [0.25, 0.3) is 0 Å². The predicted octanol–water partition coefficient (Wildman–Crippen LogP) is 3.96. The summed E-state index contributed by atoms with van der Waals surface area (Å²) in [5.74, 6) is 3.34. The maximum Gasteiger partial charge on any atom is 0.00661 e. The third kappa shape index (κ3) is 2.51. The van der Waals surface area contributed by atoms with Crippen molar-refractivity contribution in [1.82, 2.24) is 4.90 Å². The number of hydrogen-bond acceptors (Lipinski definition) is 1. The van der Waals surface area contributed by atoms with Crippen LogP contribution in [0.5, 0.6) is 0 Å². The minimum absolute atomic E-state index is 0. The Kier molecular flexibility index (Phi) is 3.81. The molecule has 0 amide bonds. The van der Waals surface area contributed by atoms with Crippen LogP contribution in [0, 0.1) is 23.2 Å².